The number of rotatable bonds is 1. The summed E-state index contributed by atoms with van der Waals surface area (Å²) >= 11 is 0. The predicted octanol–water partition coefficient (Wildman–Crippen LogP) is 2.96. The second-order valence-corrected chi connectivity index (χ2v) is 4.26. The molecule has 2 heterocycles. The summed E-state index contributed by atoms with van der Waals surface area (Å²) in [6.07, 6.45) is 1.72. The molecule has 1 aromatic carbocycles. The van der Waals surface area contributed by atoms with Crippen LogP contribution in [0.15, 0.2) is 42.6 Å². The highest BCUT2D eigenvalue weighted by atomic mass is 19.1. The molecule has 0 atom stereocenters. The zero-order valence-electron chi connectivity index (χ0n) is 9.89. The van der Waals surface area contributed by atoms with Gasteiger partial charge >= 0.3 is 0 Å². The van der Waals surface area contributed by atoms with Crippen LogP contribution < -0.4 is 5.73 Å². The summed E-state index contributed by atoms with van der Waals surface area (Å²) in [4.78, 5) is 4.07. The molecule has 2 aromatic heterocycles. The van der Waals surface area contributed by atoms with Gasteiger partial charge in [0.15, 0.2) is 0 Å². The van der Waals surface area contributed by atoms with Gasteiger partial charge in [0.2, 0.25) is 0 Å². The lowest BCUT2D eigenvalue weighted by Gasteiger charge is -2.04. The Morgan fingerprint density at radius 1 is 1.17 bits per heavy atom. The summed E-state index contributed by atoms with van der Waals surface area (Å²) in [5.74, 6) is 0.263. The van der Waals surface area contributed by atoms with Crippen molar-refractivity contribution in [2.45, 2.75) is 0 Å². The van der Waals surface area contributed by atoms with E-state index >= 15 is 0 Å². The van der Waals surface area contributed by atoms with E-state index in [1.54, 1.807) is 18.3 Å². The van der Waals surface area contributed by atoms with E-state index in [0.29, 0.717) is 5.82 Å². The Hall–Kier alpha value is -2.36. The van der Waals surface area contributed by atoms with Crippen molar-refractivity contribution in [2.75, 3.05) is 5.73 Å². The number of pyridine rings is 1. The highest BCUT2D eigenvalue weighted by Crippen LogP contribution is 2.27. The van der Waals surface area contributed by atoms with Gasteiger partial charge in [0.1, 0.15) is 11.6 Å². The van der Waals surface area contributed by atoms with Crippen molar-refractivity contribution in [2.24, 2.45) is 7.05 Å². The molecule has 3 nitrogen and oxygen atoms in total. The van der Waals surface area contributed by atoms with Crippen LogP contribution in [-0.4, -0.2) is 9.55 Å². The lowest BCUT2D eigenvalue weighted by atomic mass is 10.2. The van der Waals surface area contributed by atoms with E-state index < -0.39 is 0 Å². The maximum atomic E-state index is 13.2. The fraction of sp³-hybridized carbons (Fsp3) is 0.0714. The summed E-state index contributed by atoms with van der Waals surface area (Å²) in [5.41, 5.74) is 8.51. The number of fused-ring (bicyclic) bond motifs is 1. The molecule has 0 bridgehead atoms. The molecular weight excluding hydrogens is 229 g/mol. The molecule has 18 heavy (non-hydrogen) atoms. The molecule has 0 aliphatic carbocycles. The van der Waals surface area contributed by atoms with Crippen molar-refractivity contribution < 1.29 is 4.39 Å². The summed E-state index contributed by atoms with van der Waals surface area (Å²) in [6.45, 7) is 0. The molecular formula is C14H12FN3. The Morgan fingerprint density at radius 2 is 2.00 bits per heavy atom. The van der Waals surface area contributed by atoms with Gasteiger partial charge < -0.3 is 10.3 Å². The maximum Gasteiger partial charge on any atom is 0.123 e. The zero-order valence-corrected chi connectivity index (χ0v) is 9.89. The van der Waals surface area contributed by atoms with Crippen LogP contribution >= 0.6 is 0 Å². The van der Waals surface area contributed by atoms with E-state index in [9.17, 15) is 4.39 Å². The molecule has 0 unspecified atom stereocenters. The fourth-order valence-electron chi connectivity index (χ4n) is 2.15. The zero-order chi connectivity index (χ0) is 12.7. The number of anilines is 1. The van der Waals surface area contributed by atoms with Crippen molar-refractivity contribution in [1.82, 2.24) is 9.55 Å². The van der Waals surface area contributed by atoms with Crippen molar-refractivity contribution in [3.63, 3.8) is 0 Å². The van der Waals surface area contributed by atoms with Crippen LogP contribution in [0, 0.1) is 5.82 Å². The van der Waals surface area contributed by atoms with E-state index in [0.717, 1.165) is 22.2 Å². The van der Waals surface area contributed by atoms with E-state index in [1.807, 2.05) is 23.7 Å². The molecule has 0 aliphatic rings. The molecule has 0 saturated carbocycles. The largest absolute Gasteiger partial charge is 0.384 e. The molecule has 90 valence electrons. The summed E-state index contributed by atoms with van der Waals surface area (Å²) in [6, 6.07) is 10.4. The van der Waals surface area contributed by atoms with Crippen LogP contribution in [0.5, 0.6) is 0 Å². The SMILES string of the molecule is Cn1c(-c2ccc(N)nc2)cc2cc(F)ccc21. The van der Waals surface area contributed by atoms with Gasteiger partial charge in [0, 0.05) is 29.7 Å². The fourth-order valence-corrected chi connectivity index (χ4v) is 2.15. The molecule has 0 fully saturated rings. The highest BCUT2D eigenvalue weighted by Gasteiger charge is 2.08. The molecule has 3 aromatic rings. The third-order valence-corrected chi connectivity index (χ3v) is 3.09. The van der Waals surface area contributed by atoms with Crippen molar-refractivity contribution in [3.05, 3.63) is 48.4 Å². The molecule has 0 amide bonds. The van der Waals surface area contributed by atoms with Gasteiger partial charge in [-0.1, -0.05) is 0 Å². The molecule has 0 spiro atoms. The molecule has 3 rings (SSSR count). The number of hydrogen-bond acceptors (Lipinski definition) is 2. The van der Waals surface area contributed by atoms with Crippen LogP contribution in [0.2, 0.25) is 0 Å². The second kappa shape index (κ2) is 3.84. The molecule has 0 saturated heterocycles. The average Bonchev–Trinajstić information content (AvgIpc) is 2.67. The van der Waals surface area contributed by atoms with E-state index in [2.05, 4.69) is 4.98 Å². The van der Waals surface area contributed by atoms with Gasteiger partial charge in [-0.25, -0.2) is 9.37 Å². The van der Waals surface area contributed by atoms with Crippen LogP contribution in [0.4, 0.5) is 10.2 Å². The number of aromatic nitrogens is 2. The Balaban J connectivity index is 2.23. The van der Waals surface area contributed by atoms with Gasteiger partial charge in [-0.15, -0.1) is 0 Å². The van der Waals surface area contributed by atoms with Crippen LogP contribution in [0.1, 0.15) is 0 Å². The minimum Gasteiger partial charge on any atom is -0.384 e. The Labute approximate surface area is 104 Å². The highest BCUT2D eigenvalue weighted by molar-refractivity contribution is 5.86. The van der Waals surface area contributed by atoms with E-state index in [-0.39, 0.29) is 5.82 Å². The summed E-state index contributed by atoms with van der Waals surface area (Å²) in [5, 5.41) is 0.879. The number of nitrogens with zero attached hydrogens (tertiary/aromatic N) is 2. The van der Waals surface area contributed by atoms with Gasteiger partial charge in [0.25, 0.3) is 0 Å². The molecule has 4 heteroatoms. The third kappa shape index (κ3) is 1.62. The minimum atomic E-state index is -0.227. The second-order valence-electron chi connectivity index (χ2n) is 4.26. The van der Waals surface area contributed by atoms with Gasteiger partial charge in [-0.2, -0.15) is 0 Å². The van der Waals surface area contributed by atoms with E-state index in [1.165, 1.54) is 12.1 Å². The van der Waals surface area contributed by atoms with Crippen molar-refractivity contribution >= 4 is 16.7 Å². The number of nitrogen functional groups attached to an aromatic ring is 1. The molecule has 2 N–H and O–H groups in total. The van der Waals surface area contributed by atoms with Crippen molar-refractivity contribution in [3.8, 4) is 11.3 Å². The monoisotopic (exact) mass is 241 g/mol. The van der Waals surface area contributed by atoms with Gasteiger partial charge in [-0.05, 0) is 36.4 Å². The smallest absolute Gasteiger partial charge is 0.123 e. The standard InChI is InChI=1S/C14H12FN3/c1-18-12-4-3-11(15)6-10(12)7-13(18)9-2-5-14(16)17-8-9/h2-8H,1H3,(H2,16,17). The Bertz CT molecular complexity index is 714. The quantitative estimate of drug-likeness (QED) is 0.711. The van der Waals surface area contributed by atoms with Crippen LogP contribution in [-0.2, 0) is 7.05 Å². The average molecular weight is 241 g/mol. The van der Waals surface area contributed by atoms with Crippen molar-refractivity contribution in [1.29, 1.82) is 0 Å². The first-order valence-corrected chi connectivity index (χ1v) is 5.62. The molecule has 0 aliphatic heterocycles. The third-order valence-electron chi connectivity index (χ3n) is 3.09. The normalized spacial score (nSPS) is 11.0. The predicted molar refractivity (Wildman–Crippen MR) is 70.5 cm³/mol. The first kappa shape index (κ1) is 10.8. The Kier molecular flexibility index (Phi) is 2.30. The van der Waals surface area contributed by atoms with Gasteiger partial charge in [0.05, 0.1) is 5.69 Å². The lowest BCUT2D eigenvalue weighted by Crippen LogP contribution is -1.93. The molecule has 0 radical (unpaired) electrons. The maximum absolute atomic E-state index is 13.2. The first-order chi connectivity index (χ1) is 8.65. The first-order valence-electron chi connectivity index (χ1n) is 5.62. The van der Waals surface area contributed by atoms with Crippen LogP contribution in [0.25, 0.3) is 22.2 Å². The topological polar surface area (TPSA) is 43.8 Å². The van der Waals surface area contributed by atoms with E-state index in [4.69, 9.17) is 5.73 Å². The summed E-state index contributed by atoms with van der Waals surface area (Å²) in [7, 11) is 1.95. The lowest BCUT2D eigenvalue weighted by molar-refractivity contribution is 0.629. The Morgan fingerprint density at radius 3 is 2.72 bits per heavy atom. The number of aryl methyl sites for hydroxylation is 1. The number of hydrogen-bond donors (Lipinski definition) is 1. The minimum absolute atomic E-state index is 0.227. The number of halogens is 1. The number of benzene rings is 1. The van der Waals surface area contributed by atoms with Gasteiger partial charge in [-0.3, -0.25) is 0 Å². The number of nitrogens with two attached hydrogens (primary N) is 1. The summed E-state index contributed by atoms with van der Waals surface area (Å²) < 4.78 is 15.2. The van der Waals surface area contributed by atoms with Crippen LogP contribution in [0.3, 0.4) is 0 Å².